The number of sulfone groups is 1. The number of carbonyl (C=O) groups excluding carboxylic acids is 1. The van der Waals surface area contributed by atoms with Crippen LogP contribution in [-0.2, 0) is 14.6 Å². The van der Waals surface area contributed by atoms with Crippen molar-refractivity contribution in [2.24, 2.45) is 0 Å². The van der Waals surface area contributed by atoms with Crippen LogP contribution < -0.4 is 0 Å². The first-order valence-electron chi connectivity index (χ1n) is 11.0. The van der Waals surface area contributed by atoms with Crippen LogP contribution in [0.5, 0.6) is 0 Å². The van der Waals surface area contributed by atoms with Crippen LogP contribution in [-0.4, -0.2) is 47.6 Å². The van der Waals surface area contributed by atoms with Gasteiger partial charge in [-0.1, -0.05) is 37.6 Å². The molecule has 8 heteroatoms. The number of aromatic nitrogens is 2. The van der Waals surface area contributed by atoms with E-state index in [9.17, 15) is 13.2 Å². The number of likely N-dealkylation sites (tertiary alicyclic amines) is 1. The maximum absolute atomic E-state index is 12.8. The summed E-state index contributed by atoms with van der Waals surface area (Å²) in [6, 6.07) is 10.7. The standard InChI is InChI=1S/C24H28ClN3O3S/c1-17(2)24-26-10-13-28(24)21-7-11-27(12-8-21)23(29)9-14-32(30,31)22-6-4-18-15-20(25)5-3-19(18)16-22/h3-6,10,13,15-17,21H,7-9,11-12,14H2,1-2H3. The monoisotopic (exact) mass is 473 g/mol. The van der Waals surface area contributed by atoms with E-state index in [0.717, 1.165) is 29.4 Å². The molecule has 3 aromatic rings. The topological polar surface area (TPSA) is 72.3 Å². The van der Waals surface area contributed by atoms with Crippen LogP contribution in [0.4, 0.5) is 0 Å². The van der Waals surface area contributed by atoms with E-state index < -0.39 is 9.84 Å². The average Bonchev–Trinajstić information content (AvgIpc) is 3.27. The van der Waals surface area contributed by atoms with Crippen molar-refractivity contribution in [3.05, 3.63) is 59.6 Å². The smallest absolute Gasteiger partial charge is 0.223 e. The quantitative estimate of drug-likeness (QED) is 0.513. The van der Waals surface area contributed by atoms with Crippen molar-refractivity contribution in [3.63, 3.8) is 0 Å². The molecule has 0 radical (unpaired) electrons. The van der Waals surface area contributed by atoms with Crippen LogP contribution in [0.15, 0.2) is 53.7 Å². The van der Waals surface area contributed by atoms with Crippen LogP contribution in [0.2, 0.25) is 5.02 Å². The summed E-state index contributed by atoms with van der Waals surface area (Å²) < 4.78 is 27.9. The summed E-state index contributed by atoms with van der Waals surface area (Å²) in [5.74, 6) is 1.12. The van der Waals surface area contributed by atoms with Gasteiger partial charge in [0.1, 0.15) is 5.82 Å². The van der Waals surface area contributed by atoms with Crippen LogP contribution >= 0.6 is 11.6 Å². The zero-order valence-electron chi connectivity index (χ0n) is 18.4. The van der Waals surface area contributed by atoms with Gasteiger partial charge in [-0.2, -0.15) is 0 Å². The van der Waals surface area contributed by atoms with Gasteiger partial charge < -0.3 is 9.47 Å². The van der Waals surface area contributed by atoms with E-state index in [1.807, 2.05) is 12.4 Å². The van der Waals surface area contributed by atoms with Gasteiger partial charge in [-0.05, 0) is 47.9 Å². The van der Waals surface area contributed by atoms with Crippen molar-refractivity contribution in [2.75, 3.05) is 18.8 Å². The number of carbonyl (C=O) groups is 1. The van der Waals surface area contributed by atoms with Gasteiger partial charge in [-0.25, -0.2) is 13.4 Å². The second-order valence-corrected chi connectivity index (χ2v) is 11.2. The van der Waals surface area contributed by atoms with Gasteiger partial charge in [0.05, 0.1) is 10.6 Å². The fourth-order valence-corrected chi connectivity index (χ4v) is 5.80. The van der Waals surface area contributed by atoms with E-state index in [0.29, 0.717) is 30.1 Å². The molecular formula is C24H28ClN3O3S. The Bertz CT molecular complexity index is 1230. The predicted octanol–water partition coefficient (Wildman–Crippen LogP) is 4.84. The molecule has 0 unspecified atom stereocenters. The van der Waals surface area contributed by atoms with E-state index in [1.165, 1.54) is 0 Å². The zero-order chi connectivity index (χ0) is 22.9. The highest BCUT2D eigenvalue weighted by atomic mass is 35.5. The Labute approximate surface area is 194 Å². The lowest BCUT2D eigenvalue weighted by atomic mass is 10.0. The highest BCUT2D eigenvalue weighted by Gasteiger charge is 2.26. The first-order chi connectivity index (χ1) is 15.2. The molecule has 1 aliphatic heterocycles. The summed E-state index contributed by atoms with van der Waals surface area (Å²) >= 11 is 6.00. The first kappa shape index (κ1) is 22.8. The second kappa shape index (κ2) is 9.24. The molecule has 2 heterocycles. The molecule has 0 bridgehead atoms. The largest absolute Gasteiger partial charge is 0.343 e. The number of hydrogen-bond donors (Lipinski definition) is 0. The van der Waals surface area contributed by atoms with E-state index in [-0.39, 0.29) is 23.0 Å². The Morgan fingerprint density at radius 2 is 1.81 bits per heavy atom. The molecule has 0 N–H and O–H groups in total. The summed E-state index contributed by atoms with van der Waals surface area (Å²) in [5, 5.41) is 2.30. The third-order valence-electron chi connectivity index (χ3n) is 6.14. The van der Waals surface area contributed by atoms with Crippen LogP contribution in [0.25, 0.3) is 10.8 Å². The number of benzene rings is 2. The summed E-state index contributed by atoms with van der Waals surface area (Å²) in [7, 11) is -3.55. The number of fused-ring (bicyclic) bond motifs is 1. The van der Waals surface area contributed by atoms with Crippen molar-refractivity contribution in [2.45, 2.75) is 50.0 Å². The van der Waals surface area contributed by atoms with E-state index in [4.69, 9.17) is 11.6 Å². The van der Waals surface area contributed by atoms with Gasteiger partial charge in [0.25, 0.3) is 0 Å². The van der Waals surface area contributed by atoms with Crippen LogP contribution in [0.3, 0.4) is 0 Å². The summed E-state index contributed by atoms with van der Waals surface area (Å²) in [6.45, 7) is 5.53. The number of halogens is 1. The van der Waals surface area contributed by atoms with Gasteiger partial charge in [0.15, 0.2) is 9.84 Å². The van der Waals surface area contributed by atoms with Crippen molar-refractivity contribution >= 4 is 38.1 Å². The minimum Gasteiger partial charge on any atom is -0.343 e. The molecular weight excluding hydrogens is 446 g/mol. The molecule has 6 nitrogen and oxygen atoms in total. The highest BCUT2D eigenvalue weighted by molar-refractivity contribution is 7.91. The number of hydrogen-bond acceptors (Lipinski definition) is 4. The lowest BCUT2D eigenvalue weighted by Crippen LogP contribution is -2.39. The lowest BCUT2D eigenvalue weighted by Gasteiger charge is -2.33. The minimum absolute atomic E-state index is 0.00598. The Morgan fingerprint density at radius 3 is 2.53 bits per heavy atom. The first-order valence-corrected chi connectivity index (χ1v) is 13.0. The van der Waals surface area contributed by atoms with Crippen molar-refractivity contribution in [1.82, 2.24) is 14.5 Å². The normalized spacial score (nSPS) is 15.6. The Morgan fingerprint density at radius 1 is 1.12 bits per heavy atom. The summed E-state index contributed by atoms with van der Waals surface area (Å²) in [5.41, 5.74) is 0. The Balaban J connectivity index is 1.35. The molecule has 4 rings (SSSR count). The Hall–Kier alpha value is -2.38. The van der Waals surface area contributed by atoms with Crippen molar-refractivity contribution in [1.29, 1.82) is 0 Å². The number of amides is 1. The third-order valence-corrected chi connectivity index (χ3v) is 8.09. The molecule has 170 valence electrons. The predicted molar refractivity (Wildman–Crippen MR) is 127 cm³/mol. The summed E-state index contributed by atoms with van der Waals surface area (Å²) in [6.07, 6.45) is 5.54. The lowest BCUT2D eigenvalue weighted by molar-refractivity contribution is -0.132. The van der Waals surface area contributed by atoms with Gasteiger partial charge in [-0.3, -0.25) is 4.79 Å². The maximum Gasteiger partial charge on any atom is 0.223 e. The van der Waals surface area contributed by atoms with E-state index in [1.54, 1.807) is 41.3 Å². The number of rotatable bonds is 6. The van der Waals surface area contributed by atoms with Crippen LogP contribution in [0.1, 0.15) is 50.9 Å². The highest BCUT2D eigenvalue weighted by Crippen LogP contribution is 2.27. The van der Waals surface area contributed by atoms with Crippen LogP contribution in [0, 0.1) is 0 Å². The Kier molecular flexibility index (Phi) is 6.58. The number of piperidine rings is 1. The fourth-order valence-electron chi connectivity index (χ4n) is 4.36. The van der Waals surface area contributed by atoms with Gasteiger partial charge in [-0.15, -0.1) is 0 Å². The molecule has 0 atom stereocenters. The SMILES string of the molecule is CC(C)c1nccn1C1CCN(C(=O)CCS(=O)(=O)c2ccc3cc(Cl)ccc3c2)CC1. The van der Waals surface area contributed by atoms with E-state index in [2.05, 4.69) is 23.4 Å². The van der Waals surface area contributed by atoms with Gasteiger partial charge >= 0.3 is 0 Å². The van der Waals surface area contributed by atoms with Gasteiger partial charge in [0.2, 0.25) is 5.91 Å². The molecule has 32 heavy (non-hydrogen) atoms. The maximum atomic E-state index is 12.8. The zero-order valence-corrected chi connectivity index (χ0v) is 19.9. The van der Waals surface area contributed by atoms with E-state index >= 15 is 0 Å². The van der Waals surface area contributed by atoms with Crippen molar-refractivity contribution < 1.29 is 13.2 Å². The second-order valence-electron chi connectivity index (χ2n) is 8.68. The molecule has 0 saturated carbocycles. The average molecular weight is 474 g/mol. The molecule has 1 aromatic heterocycles. The van der Waals surface area contributed by atoms with Crippen molar-refractivity contribution in [3.8, 4) is 0 Å². The third kappa shape index (κ3) is 4.84. The number of imidazole rings is 1. The summed E-state index contributed by atoms with van der Waals surface area (Å²) in [4.78, 5) is 19.2. The van der Waals surface area contributed by atoms with Gasteiger partial charge in [0, 0.05) is 48.9 Å². The molecule has 1 amide bonds. The number of nitrogens with zero attached hydrogens (tertiary/aromatic N) is 3. The molecule has 1 saturated heterocycles. The fraction of sp³-hybridized carbons (Fsp3) is 0.417. The molecule has 2 aromatic carbocycles. The molecule has 0 spiro atoms. The molecule has 0 aliphatic carbocycles. The molecule has 1 fully saturated rings. The minimum atomic E-state index is -3.55. The molecule has 1 aliphatic rings.